The molecule has 2 nitrogen and oxygen atoms in total. The summed E-state index contributed by atoms with van der Waals surface area (Å²) in [6.07, 6.45) is -7.37. The van der Waals surface area contributed by atoms with Crippen LogP contribution in [0.5, 0.6) is 5.75 Å². The maximum absolute atomic E-state index is 12.5. The van der Waals surface area contributed by atoms with Crippen LogP contribution in [0.4, 0.5) is 22.0 Å². The number of pyridine rings is 1. The zero-order valence-electron chi connectivity index (χ0n) is 8.40. The van der Waals surface area contributed by atoms with E-state index in [1.807, 2.05) is 0 Å². The highest BCUT2D eigenvalue weighted by molar-refractivity contribution is 5.41. The van der Waals surface area contributed by atoms with Crippen molar-refractivity contribution in [3.63, 3.8) is 0 Å². The van der Waals surface area contributed by atoms with E-state index in [1.54, 1.807) is 0 Å². The van der Waals surface area contributed by atoms with Crippen molar-refractivity contribution in [1.82, 2.24) is 4.98 Å². The monoisotopic (exact) mass is 241 g/mol. The summed E-state index contributed by atoms with van der Waals surface area (Å²) < 4.78 is 66.9. The second kappa shape index (κ2) is 4.23. The number of aromatic nitrogens is 1. The molecule has 0 spiro atoms. The first kappa shape index (κ1) is 12.7. The Morgan fingerprint density at radius 1 is 1.31 bits per heavy atom. The summed E-state index contributed by atoms with van der Waals surface area (Å²) in [5.41, 5.74) is -2.95. The van der Waals surface area contributed by atoms with E-state index in [9.17, 15) is 22.0 Å². The minimum Gasteiger partial charge on any atom is -0.495 e. The number of halogens is 5. The van der Waals surface area contributed by atoms with E-state index in [1.165, 1.54) is 7.11 Å². The SMILES string of the molecule is COc1cnc(C(F)(F)F)c(C(F)F)c1C. The van der Waals surface area contributed by atoms with Crippen LogP contribution in [0.15, 0.2) is 6.20 Å². The summed E-state index contributed by atoms with van der Waals surface area (Å²) in [6.45, 7) is 1.14. The minimum absolute atomic E-state index is 0.0942. The van der Waals surface area contributed by atoms with Crippen LogP contribution in [0.25, 0.3) is 0 Å². The van der Waals surface area contributed by atoms with Crippen LogP contribution in [-0.4, -0.2) is 12.1 Å². The molecule has 0 saturated heterocycles. The molecule has 0 atom stereocenters. The molecule has 1 rings (SSSR count). The number of hydrogen-bond donors (Lipinski definition) is 0. The van der Waals surface area contributed by atoms with Crippen molar-refractivity contribution in [1.29, 1.82) is 0 Å². The Morgan fingerprint density at radius 3 is 2.25 bits per heavy atom. The molecule has 0 aliphatic rings. The van der Waals surface area contributed by atoms with Crippen molar-refractivity contribution in [3.8, 4) is 5.75 Å². The number of ether oxygens (including phenoxy) is 1. The molecule has 0 aliphatic heterocycles. The molecule has 0 N–H and O–H groups in total. The summed E-state index contributed by atoms with van der Waals surface area (Å²) in [5, 5.41) is 0. The smallest absolute Gasteiger partial charge is 0.433 e. The highest BCUT2D eigenvalue weighted by Gasteiger charge is 2.39. The first-order valence-electron chi connectivity index (χ1n) is 4.17. The van der Waals surface area contributed by atoms with Crippen LogP contribution in [0.3, 0.4) is 0 Å². The predicted octanol–water partition coefficient (Wildman–Crippen LogP) is 3.36. The summed E-state index contributed by atoms with van der Waals surface area (Å²) in [4.78, 5) is 2.97. The van der Waals surface area contributed by atoms with E-state index in [4.69, 9.17) is 0 Å². The maximum atomic E-state index is 12.5. The standard InChI is InChI=1S/C9H8F5NO/c1-4-5(16-2)3-15-7(9(12,13)14)6(4)8(10)11/h3,8H,1-2H3. The molecule has 0 amide bonds. The van der Waals surface area contributed by atoms with Crippen LogP contribution in [0, 0.1) is 6.92 Å². The van der Waals surface area contributed by atoms with Crippen LogP contribution in [-0.2, 0) is 6.18 Å². The third kappa shape index (κ3) is 2.23. The van der Waals surface area contributed by atoms with Gasteiger partial charge in [0, 0.05) is 5.56 Å². The van der Waals surface area contributed by atoms with Gasteiger partial charge in [-0.05, 0) is 6.92 Å². The van der Waals surface area contributed by atoms with E-state index < -0.39 is 23.9 Å². The van der Waals surface area contributed by atoms with Crippen LogP contribution >= 0.6 is 0 Å². The van der Waals surface area contributed by atoms with Crippen molar-refractivity contribution in [3.05, 3.63) is 23.0 Å². The highest BCUT2D eigenvalue weighted by Crippen LogP contribution is 2.38. The largest absolute Gasteiger partial charge is 0.495 e. The first-order valence-corrected chi connectivity index (χ1v) is 4.17. The minimum atomic E-state index is -4.90. The number of methoxy groups -OCH3 is 1. The molecule has 0 fully saturated rings. The fourth-order valence-electron chi connectivity index (χ4n) is 1.30. The number of alkyl halides is 5. The molecule has 1 aromatic heterocycles. The van der Waals surface area contributed by atoms with Crippen LogP contribution in [0.1, 0.15) is 23.2 Å². The van der Waals surface area contributed by atoms with Gasteiger partial charge >= 0.3 is 6.18 Å². The third-order valence-corrected chi connectivity index (χ3v) is 2.05. The second-order valence-corrected chi connectivity index (χ2v) is 3.01. The van der Waals surface area contributed by atoms with Crippen LogP contribution in [0.2, 0.25) is 0 Å². The molecule has 0 unspecified atom stereocenters. The van der Waals surface area contributed by atoms with Gasteiger partial charge in [0.05, 0.1) is 18.9 Å². The molecule has 16 heavy (non-hydrogen) atoms. The zero-order chi connectivity index (χ0) is 12.5. The summed E-state index contributed by atoms with van der Waals surface area (Å²) in [7, 11) is 1.17. The Balaban J connectivity index is 3.47. The number of nitrogens with zero attached hydrogens (tertiary/aromatic N) is 1. The lowest BCUT2D eigenvalue weighted by atomic mass is 10.1. The van der Waals surface area contributed by atoms with E-state index in [2.05, 4.69) is 9.72 Å². The van der Waals surface area contributed by atoms with Gasteiger partial charge in [-0.1, -0.05) is 0 Å². The van der Waals surface area contributed by atoms with Gasteiger partial charge in [-0.15, -0.1) is 0 Å². The molecule has 90 valence electrons. The summed E-state index contributed by atoms with van der Waals surface area (Å²) in [5.74, 6) is -0.0942. The molecular formula is C9H8F5NO. The topological polar surface area (TPSA) is 22.1 Å². The first-order chi connectivity index (χ1) is 7.29. The predicted molar refractivity (Wildman–Crippen MR) is 45.5 cm³/mol. The van der Waals surface area contributed by atoms with E-state index >= 15 is 0 Å². The Hall–Kier alpha value is -1.40. The van der Waals surface area contributed by atoms with Gasteiger partial charge in [-0.3, -0.25) is 0 Å². The van der Waals surface area contributed by atoms with Crippen molar-refractivity contribution in [2.24, 2.45) is 0 Å². The van der Waals surface area contributed by atoms with Gasteiger partial charge in [0.25, 0.3) is 6.43 Å². The van der Waals surface area contributed by atoms with E-state index in [0.29, 0.717) is 0 Å². The Bertz CT molecular complexity index is 388. The molecule has 1 heterocycles. The maximum Gasteiger partial charge on any atom is 0.433 e. The molecule has 0 radical (unpaired) electrons. The molecule has 0 aliphatic carbocycles. The lowest BCUT2D eigenvalue weighted by Crippen LogP contribution is -2.14. The van der Waals surface area contributed by atoms with Crippen molar-refractivity contribution in [2.75, 3.05) is 7.11 Å². The van der Waals surface area contributed by atoms with Crippen molar-refractivity contribution in [2.45, 2.75) is 19.5 Å². The third-order valence-electron chi connectivity index (χ3n) is 2.05. The molecule has 0 bridgehead atoms. The Kier molecular flexibility index (Phi) is 3.35. The molecule has 1 aromatic rings. The Morgan fingerprint density at radius 2 is 1.88 bits per heavy atom. The van der Waals surface area contributed by atoms with E-state index in [0.717, 1.165) is 13.1 Å². The molecule has 0 aromatic carbocycles. The normalized spacial score (nSPS) is 12.0. The average molecular weight is 241 g/mol. The van der Waals surface area contributed by atoms with Crippen molar-refractivity contribution >= 4 is 0 Å². The average Bonchev–Trinajstić information content (AvgIpc) is 2.15. The van der Waals surface area contributed by atoms with Gasteiger partial charge in [-0.2, -0.15) is 13.2 Å². The van der Waals surface area contributed by atoms with Gasteiger partial charge in [-0.25, -0.2) is 13.8 Å². The number of hydrogen-bond acceptors (Lipinski definition) is 2. The zero-order valence-corrected chi connectivity index (χ0v) is 8.40. The van der Waals surface area contributed by atoms with Crippen molar-refractivity contribution < 1.29 is 26.7 Å². The van der Waals surface area contributed by atoms with Gasteiger partial charge < -0.3 is 4.74 Å². The lowest BCUT2D eigenvalue weighted by molar-refractivity contribution is -0.143. The second-order valence-electron chi connectivity index (χ2n) is 3.01. The quantitative estimate of drug-likeness (QED) is 0.740. The summed E-state index contributed by atoms with van der Waals surface area (Å²) in [6, 6.07) is 0. The van der Waals surface area contributed by atoms with E-state index in [-0.39, 0.29) is 11.3 Å². The lowest BCUT2D eigenvalue weighted by Gasteiger charge is -2.15. The van der Waals surface area contributed by atoms with Gasteiger partial charge in [0.1, 0.15) is 5.75 Å². The summed E-state index contributed by atoms with van der Waals surface area (Å²) >= 11 is 0. The molecular weight excluding hydrogens is 233 g/mol. The Labute approximate surface area is 88.1 Å². The van der Waals surface area contributed by atoms with Crippen LogP contribution < -0.4 is 4.74 Å². The number of rotatable bonds is 2. The fraction of sp³-hybridized carbons (Fsp3) is 0.444. The highest BCUT2D eigenvalue weighted by atomic mass is 19.4. The molecule has 0 saturated carbocycles. The van der Waals surface area contributed by atoms with Gasteiger partial charge in [0.2, 0.25) is 0 Å². The van der Waals surface area contributed by atoms with Gasteiger partial charge in [0.15, 0.2) is 5.69 Å². The molecule has 7 heteroatoms. The fourth-order valence-corrected chi connectivity index (χ4v) is 1.30.